The lowest BCUT2D eigenvalue weighted by molar-refractivity contribution is -0.122. The number of imide groups is 2. The number of barbiturate groups is 1. The fourth-order valence-corrected chi connectivity index (χ4v) is 8.56. The second kappa shape index (κ2) is 14.1. The van der Waals surface area contributed by atoms with Gasteiger partial charge in [0.2, 0.25) is 0 Å². The van der Waals surface area contributed by atoms with Gasteiger partial charge in [-0.1, -0.05) is 119 Å². The van der Waals surface area contributed by atoms with Gasteiger partial charge in [0, 0.05) is 40.6 Å². The van der Waals surface area contributed by atoms with Gasteiger partial charge in [0.15, 0.2) is 0 Å². The Hall–Kier alpha value is -5.99. The summed E-state index contributed by atoms with van der Waals surface area (Å²) in [6.45, 7) is 2.12. The number of hydrogen-bond acceptors (Lipinski definition) is 5. The summed E-state index contributed by atoms with van der Waals surface area (Å²) in [6, 6.07) is 43.5. The molecule has 1 N–H and O–H groups in total. The Morgan fingerprint density at radius 1 is 0.722 bits per heavy atom. The van der Waals surface area contributed by atoms with Gasteiger partial charge in [0.25, 0.3) is 11.8 Å². The Bertz CT molecular complexity index is 2390. The van der Waals surface area contributed by atoms with E-state index in [1.165, 1.54) is 16.8 Å². The average Bonchev–Trinajstić information content (AvgIpc) is 3.20. The number of ether oxygens (including phenoxy) is 1. The Morgan fingerprint density at radius 3 is 1.98 bits per heavy atom. The van der Waals surface area contributed by atoms with E-state index in [0.29, 0.717) is 17.0 Å². The highest BCUT2D eigenvalue weighted by molar-refractivity contribution is 9.10. The van der Waals surface area contributed by atoms with Crippen LogP contribution in [0.3, 0.4) is 0 Å². The van der Waals surface area contributed by atoms with Crippen molar-refractivity contribution in [2.75, 3.05) is 22.9 Å². The lowest BCUT2D eigenvalue weighted by atomic mass is 9.76. The minimum absolute atomic E-state index is 0.0754. The first-order chi connectivity index (χ1) is 26.4. The maximum atomic E-state index is 14.7. The van der Waals surface area contributed by atoms with Crippen LogP contribution in [-0.2, 0) is 16.2 Å². The largest absolute Gasteiger partial charge is 0.488 e. The third-order valence-corrected chi connectivity index (χ3v) is 11.4. The zero-order valence-corrected chi connectivity index (χ0v) is 31.0. The molecule has 4 amide bonds. The molecule has 0 bridgehead atoms. The number of hydrogen-bond donors (Lipinski definition) is 1. The predicted octanol–water partition coefficient (Wildman–Crippen LogP) is 9.73. The third-order valence-electron chi connectivity index (χ3n) is 10.9. The fraction of sp³-hybridized carbons (Fsp3) is 0.152. The Kier molecular flexibility index (Phi) is 8.83. The number of anilines is 2. The van der Waals surface area contributed by atoms with E-state index in [1.807, 2.05) is 84.9 Å². The molecule has 3 heterocycles. The summed E-state index contributed by atoms with van der Waals surface area (Å²) in [6.07, 6.45) is 3.38. The molecule has 6 aromatic rings. The molecule has 8 heteroatoms. The standard InChI is InChI=1S/C46H36BrN3O4/c47-33-18-15-29(16-19-33)28-54-42-20-17-32-13-7-8-14-35(32)38(42)27-41-44(51)48-46(53)50(45(41)52)34-25-39-36(30-9-3-1-4-10-30)21-23-49-24-22-37(40(26-34)43(39)49)31-11-5-2-6-12-31/h1-20,25-27,36-37H,21-24,28H2,(H,48,51,53)/b41-27+/t36-,37-/m0/s1. The van der Waals surface area contributed by atoms with E-state index in [0.717, 1.165) is 62.8 Å². The number of carbonyl (C=O) groups is 3. The highest BCUT2D eigenvalue weighted by Crippen LogP contribution is 2.50. The van der Waals surface area contributed by atoms with Crippen LogP contribution in [0.4, 0.5) is 16.2 Å². The van der Waals surface area contributed by atoms with Gasteiger partial charge in [-0.3, -0.25) is 14.9 Å². The molecule has 0 unspecified atom stereocenters. The molecule has 2 atom stereocenters. The molecule has 1 fully saturated rings. The van der Waals surface area contributed by atoms with E-state index in [9.17, 15) is 14.4 Å². The monoisotopic (exact) mass is 773 g/mol. The molecule has 266 valence electrons. The van der Waals surface area contributed by atoms with Crippen LogP contribution in [0.15, 0.2) is 144 Å². The van der Waals surface area contributed by atoms with Gasteiger partial charge in [-0.15, -0.1) is 0 Å². The molecule has 3 aliphatic heterocycles. The first kappa shape index (κ1) is 33.8. The zero-order chi connectivity index (χ0) is 36.8. The first-order valence-corrected chi connectivity index (χ1v) is 19.1. The molecule has 54 heavy (non-hydrogen) atoms. The van der Waals surface area contributed by atoms with Gasteiger partial charge in [0.1, 0.15) is 17.9 Å². The van der Waals surface area contributed by atoms with Crippen LogP contribution in [0.5, 0.6) is 5.75 Å². The average molecular weight is 775 g/mol. The van der Waals surface area contributed by atoms with E-state index in [1.54, 1.807) is 6.08 Å². The van der Waals surface area contributed by atoms with Crippen molar-refractivity contribution in [3.05, 3.63) is 177 Å². The lowest BCUT2D eigenvalue weighted by Gasteiger charge is -2.44. The van der Waals surface area contributed by atoms with Crippen molar-refractivity contribution in [2.45, 2.75) is 31.3 Å². The number of nitrogens with one attached hydrogen (secondary N) is 1. The number of carbonyl (C=O) groups excluding carboxylic acids is 3. The van der Waals surface area contributed by atoms with Crippen LogP contribution in [-0.4, -0.2) is 30.9 Å². The minimum atomic E-state index is -0.769. The highest BCUT2D eigenvalue weighted by atomic mass is 79.9. The van der Waals surface area contributed by atoms with Crippen molar-refractivity contribution in [3.8, 4) is 5.75 Å². The second-order valence-corrected chi connectivity index (χ2v) is 15.0. The smallest absolute Gasteiger partial charge is 0.335 e. The maximum Gasteiger partial charge on any atom is 0.335 e. The van der Waals surface area contributed by atoms with E-state index >= 15 is 0 Å². The second-order valence-electron chi connectivity index (χ2n) is 14.0. The van der Waals surface area contributed by atoms with Crippen molar-refractivity contribution >= 4 is 62.0 Å². The van der Waals surface area contributed by atoms with Crippen molar-refractivity contribution in [2.24, 2.45) is 0 Å². The molecule has 6 aromatic carbocycles. The van der Waals surface area contributed by atoms with Gasteiger partial charge >= 0.3 is 6.03 Å². The number of rotatable bonds is 7. The Balaban J connectivity index is 1.17. The van der Waals surface area contributed by atoms with Crippen LogP contribution < -0.4 is 19.9 Å². The summed E-state index contributed by atoms with van der Waals surface area (Å²) < 4.78 is 7.31. The summed E-state index contributed by atoms with van der Waals surface area (Å²) in [7, 11) is 0. The molecular formula is C46H36BrN3O4. The third kappa shape index (κ3) is 6.16. The molecule has 0 saturated carbocycles. The van der Waals surface area contributed by atoms with Crippen molar-refractivity contribution in [1.82, 2.24) is 5.32 Å². The molecule has 0 aliphatic carbocycles. The minimum Gasteiger partial charge on any atom is -0.488 e. The topological polar surface area (TPSA) is 79.0 Å². The Morgan fingerprint density at radius 2 is 1.33 bits per heavy atom. The van der Waals surface area contributed by atoms with Gasteiger partial charge in [0.05, 0.1) is 5.69 Å². The number of benzene rings is 6. The van der Waals surface area contributed by atoms with Crippen LogP contribution in [0.25, 0.3) is 16.8 Å². The van der Waals surface area contributed by atoms with Crippen LogP contribution in [0.2, 0.25) is 0 Å². The number of halogens is 1. The number of urea groups is 1. The summed E-state index contributed by atoms with van der Waals surface area (Å²) in [4.78, 5) is 45.7. The first-order valence-electron chi connectivity index (χ1n) is 18.3. The highest BCUT2D eigenvalue weighted by Gasteiger charge is 2.41. The van der Waals surface area contributed by atoms with Gasteiger partial charge in [-0.05, 0) is 87.8 Å². The van der Waals surface area contributed by atoms with E-state index in [4.69, 9.17) is 4.74 Å². The van der Waals surface area contributed by atoms with Gasteiger partial charge in [-0.2, -0.15) is 0 Å². The normalized spacial score (nSPS) is 18.8. The Labute approximate surface area is 322 Å². The lowest BCUT2D eigenvalue weighted by Crippen LogP contribution is -2.54. The van der Waals surface area contributed by atoms with Crippen molar-refractivity contribution in [3.63, 3.8) is 0 Å². The zero-order valence-electron chi connectivity index (χ0n) is 29.4. The molecule has 0 aromatic heterocycles. The van der Waals surface area contributed by atoms with Crippen molar-refractivity contribution in [1.29, 1.82) is 0 Å². The van der Waals surface area contributed by atoms with E-state index in [-0.39, 0.29) is 24.0 Å². The molecule has 0 spiro atoms. The predicted molar refractivity (Wildman–Crippen MR) is 216 cm³/mol. The quantitative estimate of drug-likeness (QED) is 0.129. The molecular weight excluding hydrogens is 738 g/mol. The molecule has 9 rings (SSSR count). The number of nitrogens with zero attached hydrogens (tertiary/aromatic N) is 2. The maximum absolute atomic E-state index is 14.7. The molecule has 1 saturated heterocycles. The number of amides is 4. The molecule has 0 radical (unpaired) electrons. The van der Waals surface area contributed by atoms with Crippen molar-refractivity contribution < 1.29 is 19.1 Å². The summed E-state index contributed by atoms with van der Waals surface area (Å²) in [5.41, 5.74) is 7.58. The molecule has 3 aliphatic rings. The summed E-state index contributed by atoms with van der Waals surface area (Å²) >= 11 is 3.48. The van der Waals surface area contributed by atoms with Gasteiger partial charge < -0.3 is 9.64 Å². The van der Waals surface area contributed by atoms with Crippen LogP contribution in [0.1, 0.15) is 58.1 Å². The fourth-order valence-electron chi connectivity index (χ4n) is 8.30. The van der Waals surface area contributed by atoms with E-state index in [2.05, 4.69) is 74.7 Å². The van der Waals surface area contributed by atoms with Gasteiger partial charge in [-0.25, -0.2) is 9.69 Å². The number of fused-ring (bicyclic) bond motifs is 1. The summed E-state index contributed by atoms with van der Waals surface area (Å²) in [5, 5.41) is 4.23. The SMILES string of the molecule is O=C1NC(=O)N(c2cc3c4c(c2)[C@H](c2ccccc2)CCN4CC[C@H]3c2ccccc2)C(=O)/C1=C/c1c(OCc2ccc(Br)cc2)ccc2ccccc12. The molecule has 7 nitrogen and oxygen atoms in total. The summed E-state index contributed by atoms with van der Waals surface area (Å²) in [5.74, 6) is -0.762. The van der Waals surface area contributed by atoms with Crippen LogP contribution in [0, 0.1) is 0 Å². The van der Waals surface area contributed by atoms with Crippen LogP contribution >= 0.6 is 15.9 Å². The van der Waals surface area contributed by atoms with E-state index < -0.39 is 17.8 Å².